The molecule has 0 amide bonds. The van der Waals surface area contributed by atoms with Crippen LogP contribution in [-0.2, 0) is 18.4 Å². The highest BCUT2D eigenvalue weighted by atomic mass is 79.9. The van der Waals surface area contributed by atoms with Gasteiger partial charge in [-0.1, -0.05) is 24.3 Å². The van der Waals surface area contributed by atoms with E-state index in [1.807, 2.05) is 0 Å². The van der Waals surface area contributed by atoms with Gasteiger partial charge in [0.25, 0.3) is 0 Å². The van der Waals surface area contributed by atoms with E-state index >= 15 is 0 Å². The molecule has 2 aromatic rings. The molecular formula is C14H14BrNS. The monoisotopic (exact) mass is 307 g/mol. The van der Waals surface area contributed by atoms with E-state index in [1.165, 1.54) is 20.5 Å². The SMILES string of the molecule is NC1(Cc2sccc2Br)CCc2ccccc21. The molecule has 1 aromatic heterocycles. The van der Waals surface area contributed by atoms with Crippen LogP contribution in [-0.4, -0.2) is 0 Å². The predicted octanol–water partition coefficient (Wildman–Crippen LogP) is 3.85. The molecule has 2 N–H and O–H groups in total. The Balaban J connectivity index is 1.96. The molecule has 1 heterocycles. The van der Waals surface area contributed by atoms with Crippen molar-refractivity contribution in [2.75, 3.05) is 0 Å². The highest BCUT2D eigenvalue weighted by Gasteiger charge is 2.35. The largest absolute Gasteiger partial charge is 0.321 e. The molecule has 1 nitrogen and oxygen atoms in total. The van der Waals surface area contributed by atoms with Gasteiger partial charge < -0.3 is 5.73 Å². The second-order valence-corrected chi connectivity index (χ2v) is 6.54. The van der Waals surface area contributed by atoms with Crippen molar-refractivity contribution in [3.63, 3.8) is 0 Å². The topological polar surface area (TPSA) is 26.0 Å². The fourth-order valence-electron chi connectivity index (χ4n) is 2.64. The Bertz CT molecular complexity index is 549. The van der Waals surface area contributed by atoms with Crippen molar-refractivity contribution in [2.45, 2.75) is 24.8 Å². The third kappa shape index (κ3) is 1.96. The quantitative estimate of drug-likeness (QED) is 0.896. The fourth-order valence-corrected chi connectivity index (χ4v) is 4.26. The fraction of sp³-hybridized carbons (Fsp3) is 0.286. The normalized spacial score (nSPS) is 22.7. The van der Waals surface area contributed by atoms with Crippen LogP contribution in [0.4, 0.5) is 0 Å². The molecule has 1 aliphatic carbocycles. The van der Waals surface area contributed by atoms with Crippen molar-refractivity contribution in [2.24, 2.45) is 5.73 Å². The van der Waals surface area contributed by atoms with Crippen LogP contribution < -0.4 is 5.73 Å². The predicted molar refractivity (Wildman–Crippen MR) is 76.4 cm³/mol. The summed E-state index contributed by atoms with van der Waals surface area (Å²) in [7, 11) is 0. The molecule has 3 heteroatoms. The second-order valence-electron chi connectivity index (χ2n) is 4.68. The van der Waals surface area contributed by atoms with Crippen LogP contribution in [0.2, 0.25) is 0 Å². The minimum atomic E-state index is -0.177. The van der Waals surface area contributed by atoms with E-state index in [-0.39, 0.29) is 5.54 Å². The molecule has 0 fully saturated rings. The molecule has 0 saturated carbocycles. The molecule has 0 bridgehead atoms. The van der Waals surface area contributed by atoms with Crippen molar-refractivity contribution in [1.29, 1.82) is 0 Å². The summed E-state index contributed by atoms with van der Waals surface area (Å²) in [4.78, 5) is 1.35. The van der Waals surface area contributed by atoms with E-state index in [0.717, 1.165) is 19.3 Å². The van der Waals surface area contributed by atoms with Gasteiger partial charge in [0.2, 0.25) is 0 Å². The van der Waals surface area contributed by atoms with Crippen LogP contribution in [0.25, 0.3) is 0 Å². The Morgan fingerprint density at radius 2 is 2.12 bits per heavy atom. The van der Waals surface area contributed by atoms with Crippen molar-refractivity contribution in [3.8, 4) is 0 Å². The Morgan fingerprint density at radius 3 is 2.88 bits per heavy atom. The molecule has 17 heavy (non-hydrogen) atoms. The summed E-state index contributed by atoms with van der Waals surface area (Å²) in [6.45, 7) is 0. The lowest BCUT2D eigenvalue weighted by Crippen LogP contribution is -2.36. The highest BCUT2D eigenvalue weighted by Crippen LogP contribution is 2.39. The number of thiophene rings is 1. The summed E-state index contributed by atoms with van der Waals surface area (Å²) < 4.78 is 1.19. The lowest BCUT2D eigenvalue weighted by atomic mass is 9.89. The lowest BCUT2D eigenvalue weighted by Gasteiger charge is -2.25. The van der Waals surface area contributed by atoms with Gasteiger partial charge in [-0.2, -0.15) is 0 Å². The molecule has 0 radical (unpaired) electrons. The number of hydrogen-bond donors (Lipinski definition) is 1. The molecule has 1 unspecified atom stereocenters. The molecule has 1 atom stereocenters. The van der Waals surface area contributed by atoms with E-state index in [2.05, 4.69) is 51.6 Å². The van der Waals surface area contributed by atoms with E-state index in [1.54, 1.807) is 11.3 Å². The van der Waals surface area contributed by atoms with Crippen molar-refractivity contribution >= 4 is 27.3 Å². The van der Waals surface area contributed by atoms with Gasteiger partial charge in [0.15, 0.2) is 0 Å². The molecule has 1 aromatic carbocycles. The molecule has 3 rings (SSSR count). The number of halogens is 1. The first-order chi connectivity index (χ1) is 8.19. The zero-order chi connectivity index (χ0) is 11.9. The third-order valence-electron chi connectivity index (χ3n) is 3.56. The van der Waals surface area contributed by atoms with Gasteiger partial charge in [0.1, 0.15) is 0 Å². The Morgan fingerprint density at radius 1 is 1.29 bits per heavy atom. The molecule has 88 valence electrons. The number of nitrogens with two attached hydrogens (primary N) is 1. The van der Waals surface area contributed by atoms with Crippen LogP contribution in [0.1, 0.15) is 22.4 Å². The third-order valence-corrected chi connectivity index (χ3v) is 5.49. The van der Waals surface area contributed by atoms with Crippen LogP contribution in [0, 0.1) is 0 Å². The van der Waals surface area contributed by atoms with Gasteiger partial charge in [-0.3, -0.25) is 0 Å². The Labute approximate surface area is 114 Å². The smallest absolute Gasteiger partial charge is 0.0464 e. The first kappa shape index (κ1) is 11.5. The summed E-state index contributed by atoms with van der Waals surface area (Å²) in [5, 5.41) is 2.11. The molecule has 0 aliphatic heterocycles. The van der Waals surface area contributed by atoms with E-state index in [9.17, 15) is 0 Å². The van der Waals surface area contributed by atoms with Crippen LogP contribution in [0.3, 0.4) is 0 Å². The Kier molecular flexibility index (Phi) is 2.85. The maximum Gasteiger partial charge on any atom is 0.0464 e. The van der Waals surface area contributed by atoms with E-state index < -0.39 is 0 Å². The number of aryl methyl sites for hydroxylation is 1. The maximum absolute atomic E-state index is 6.62. The molecular weight excluding hydrogens is 294 g/mol. The average molecular weight is 308 g/mol. The zero-order valence-corrected chi connectivity index (χ0v) is 11.9. The summed E-state index contributed by atoms with van der Waals surface area (Å²) in [6.07, 6.45) is 3.09. The molecule has 0 spiro atoms. The maximum atomic E-state index is 6.62. The number of fused-ring (bicyclic) bond motifs is 1. The highest BCUT2D eigenvalue weighted by molar-refractivity contribution is 9.10. The second kappa shape index (κ2) is 4.23. The van der Waals surface area contributed by atoms with Crippen molar-refractivity contribution < 1.29 is 0 Å². The number of hydrogen-bond acceptors (Lipinski definition) is 2. The molecule has 0 saturated heterocycles. The zero-order valence-electron chi connectivity index (χ0n) is 9.45. The summed E-state index contributed by atoms with van der Waals surface area (Å²) >= 11 is 5.38. The summed E-state index contributed by atoms with van der Waals surface area (Å²) in [6, 6.07) is 10.7. The average Bonchev–Trinajstić information content (AvgIpc) is 2.87. The number of rotatable bonds is 2. The van der Waals surface area contributed by atoms with Crippen LogP contribution in [0.15, 0.2) is 40.2 Å². The molecule has 1 aliphatic rings. The minimum absolute atomic E-state index is 0.177. The van der Waals surface area contributed by atoms with Gasteiger partial charge in [0, 0.05) is 21.3 Å². The van der Waals surface area contributed by atoms with Crippen LogP contribution in [0.5, 0.6) is 0 Å². The van der Waals surface area contributed by atoms with Gasteiger partial charge in [0.05, 0.1) is 0 Å². The van der Waals surface area contributed by atoms with Gasteiger partial charge in [-0.25, -0.2) is 0 Å². The first-order valence-corrected chi connectivity index (χ1v) is 7.45. The minimum Gasteiger partial charge on any atom is -0.321 e. The summed E-state index contributed by atoms with van der Waals surface area (Å²) in [5.74, 6) is 0. The van der Waals surface area contributed by atoms with Crippen LogP contribution >= 0.6 is 27.3 Å². The summed E-state index contributed by atoms with van der Waals surface area (Å²) in [5.41, 5.74) is 9.19. The number of benzene rings is 1. The lowest BCUT2D eigenvalue weighted by molar-refractivity contribution is 0.441. The van der Waals surface area contributed by atoms with E-state index in [0.29, 0.717) is 0 Å². The van der Waals surface area contributed by atoms with E-state index in [4.69, 9.17) is 5.73 Å². The standard InChI is InChI=1S/C14H14BrNS/c15-12-6-8-17-13(12)9-14(16)7-5-10-3-1-2-4-11(10)14/h1-4,6,8H,5,7,9,16H2. The van der Waals surface area contributed by atoms with Crippen molar-refractivity contribution in [1.82, 2.24) is 0 Å². The van der Waals surface area contributed by atoms with Crippen molar-refractivity contribution in [3.05, 3.63) is 56.2 Å². The van der Waals surface area contributed by atoms with Gasteiger partial charge in [-0.15, -0.1) is 11.3 Å². The van der Waals surface area contributed by atoms with Gasteiger partial charge >= 0.3 is 0 Å². The Hall–Kier alpha value is -0.640. The first-order valence-electron chi connectivity index (χ1n) is 5.78. The van der Waals surface area contributed by atoms with Gasteiger partial charge in [-0.05, 0) is 51.3 Å².